The minimum absolute atomic E-state index is 0.0317. The van der Waals surface area contributed by atoms with Gasteiger partial charge in [0.25, 0.3) is 0 Å². The van der Waals surface area contributed by atoms with Crippen LogP contribution in [0.5, 0.6) is 11.5 Å². The van der Waals surface area contributed by atoms with Gasteiger partial charge >= 0.3 is 5.97 Å². The third-order valence-corrected chi connectivity index (χ3v) is 12.2. The molecule has 2 aromatic carbocycles. The average molecular weight is 802 g/mol. The first kappa shape index (κ1) is 40.9. The summed E-state index contributed by atoms with van der Waals surface area (Å²) in [5, 5.41) is 26.6. The minimum atomic E-state index is -1.50. The number of hydrogen-bond acceptors (Lipinski definition) is 12. The lowest BCUT2D eigenvalue weighted by molar-refractivity contribution is -0.937. The minimum Gasteiger partial charge on any atom is -0.504 e. The monoisotopic (exact) mass is 801 g/mol. The molecule has 56 heavy (non-hydrogen) atoms. The molecule has 0 bridgehead atoms. The van der Waals surface area contributed by atoms with E-state index in [1.54, 1.807) is 39.1 Å². The van der Waals surface area contributed by atoms with Crippen molar-refractivity contribution in [1.29, 1.82) is 0 Å². The Kier molecular flexibility index (Phi) is 11.4. The highest BCUT2D eigenvalue weighted by Gasteiger charge is 2.53. The molecular weight excluding hydrogens is 753 g/mol. The van der Waals surface area contributed by atoms with E-state index in [1.807, 2.05) is 30.4 Å². The quantitative estimate of drug-likeness (QED) is 0.0521. The largest absolute Gasteiger partial charge is 0.504 e. The lowest BCUT2D eigenvalue weighted by atomic mass is 9.88. The summed E-state index contributed by atoms with van der Waals surface area (Å²) in [6.45, 7) is 13.7. The van der Waals surface area contributed by atoms with Crippen LogP contribution < -0.4 is 0 Å². The lowest BCUT2D eigenvalue weighted by Crippen LogP contribution is -2.61. The summed E-state index contributed by atoms with van der Waals surface area (Å²) in [7, 11) is 2.15. The molecular formula is C42H49N4O8S2+. The van der Waals surface area contributed by atoms with Crippen LogP contribution in [-0.4, -0.2) is 89.7 Å². The van der Waals surface area contributed by atoms with Gasteiger partial charge in [0.05, 0.1) is 41.2 Å². The second-order valence-electron chi connectivity index (χ2n) is 16.4. The molecule has 0 saturated carbocycles. The third kappa shape index (κ3) is 8.77. The molecule has 1 unspecified atom stereocenters. The van der Waals surface area contributed by atoms with E-state index < -0.39 is 34.2 Å². The number of phenolic OH excluding ortho intramolecular Hbond substituents is 2. The molecule has 0 radical (unpaired) electrons. The van der Waals surface area contributed by atoms with Crippen LogP contribution in [0.25, 0.3) is 6.08 Å². The fourth-order valence-corrected chi connectivity index (χ4v) is 9.09. The second-order valence-corrected chi connectivity index (χ2v) is 18.6. The van der Waals surface area contributed by atoms with Crippen LogP contribution in [0.3, 0.4) is 0 Å². The van der Waals surface area contributed by atoms with Crippen molar-refractivity contribution < 1.29 is 43.4 Å². The summed E-state index contributed by atoms with van der Waals surface area (Å²) in [5.74, 6) is -2.00. The topological polar surface area (TPSA) is 156 Å². The number of Topliss-reactive ketones (excluding diaryl/α,β-unsaturated/α-hetero) is 2. The highest BCUT2D eigenvalue weighted by atomic mass is 32.2. The Labute approximate surface area is 335 Å². The zero-order valence-corrected chi connectivity index (χ0v) is 34.7. The van der Waals surface area contributed by atoms with E-state index in [-0.39, 0.29) is 41.0 Å². The van der Waals surface area contributed by atoms with Gasteiger partial charge in [-0.05, 0) is 64.3 Å². The fourth-order valence-electron chi connectivity index (χ4n) is 7.10. The van der Waals surface area contributed by atoms with Crippen LogP contribution >= 0.6 is 23.1 Å². The van der Waals surface area contributed by atoms with Gasteiger partial charge in [-0.25, -0.2) is 9.78 Å². The Balaban J connectivity index is 1.13. The van der Waals surface area contributed by atoms with E-state index in [1.165, 1.54) is 48.8 Å². The van der Waals surface area contributed by atoms with Crippen LogP contribution in [0.2, 0.25) is 0 Å². The third-order valence-electron chi connectivity index (χ3n) is 10.1. The van der Waals surface area contributed by atoms with Gasteiger partial charge in [0, 0.05) is 36.5 Å². The summed E-state index contributed by atoms with van der Waals surface area (Å²) >= 11 is 2.83. The number of aromatic nitrogens is 1. The molecule has 6 rings (SSSR count). The number of β-lactam (4-membered cyclic amide) rings is 1. The van der Waals surface area contributed by atoms with Crippen LogP contribution in [0.4, 0.5) is 0 Å². The number of allylic oxidation sites excluding steroid dienone is 2. The lowest BCUT2D eigenvalue weighted by Gasteiger charge is -2.49. The molecule has 3 aromatic rings. The van der Waals surface area contributed by atoms with Crippen molar-refractivity contribution in [2.75, 3.05) is 19.3 Å². The van der Waals surface area contributed by atoms with E-state index in [4.69, 9.17) is 9.57 Å². The predicted octanol–water partition coefficient (Wildman–Crippen LogP) is 6.45. The molecule has 1 aromatic heterocycles. The standard InChI is InChI=1S/C42H48N4O8S2/c1-24(47)36-29(14-13-26-9-11-27(12-10-26)20-46(8)18-17-28-15-16-33(48)37(50)31(28)21-46)22-56-39-30(38(51)45(36)39)19-34(49)35(32-23-55-25(2)43-32)44-54-42(6,7)40(52)53-41(3,4)5/h9-16,23,30,39H,17-22H2,1-8H3,(H-,44,48,49,50)/p+1/t30-,39-,46?/m1/s1. The predicted molar refractivity (Wildman–Crippen MR) is 216 cm³/mol. The number of ketones is 2. The van der Waals surface area contributed by atoms with Crippen LogP contribution in [0.15, 0.2) is 64.3 Å². The first-order valence-electron chi connectivity index (χ1n) is 18.5. The van der Waals surface area contributed by atoms with Gasteiger partial charge in [0.2, 0.25) is 11.5 Å². The van der Waals surface area contributed by atoms with Gasteiger partial charge in [-0.3, -0.25) is 19.3 Å². The molecule has 1 saturated heterocycles. The van der Waals surface area contributed by atoms with Crippen molar-refractivity contribution in [2.45, 2.75) is 91.0 Å². The van der Waals surface area contributed by atoms with Crippen molar-refractivity contribution in [2.24, 2.45) is 11.1 Å². The molecule has 2 N–H and O–H groups in total. The van der Waals surface area contributed by atoms with E-state index in [0.717, 1.165) is 47.3 Å². The Morgan fingerprint density at radius 3 is 2.43 bits per heavy atom. The first-order chi connectivity index (χ1) is 26.2. The maximum Gasteiger partial charge on any atom is 0.353 e. The first-order valence-corrected chi connectivity index (χ1v) is 20.5. The van der Waals surface area contributed by atoms with Crippen molar-refractivity contribution >= 4 is 58.3 Å². The number of phenols is 2. The number of hydrogen-bond donors (Lipinski definition) is 2. The van der Waals surface area contributed by atoms with Gasteiger partial charge in [-0.1, -0.05) is 47.6 Å². The normalized spacial score (nSPS) is 21.4. The highest BCUT2D eigenvalue weighted by Crippen LogP contribution is 2.46. The number of esters is 1. The fraction of sp³-hybridized carbons (Fsp3) is 0.429. The number of rotatable bonds is 12. The number of thiazole rings is 1. The molecule has 0 spiro atoms. The smallest absolute Gasteiger partial charge is 0.353 e. The second kappa shape index (κ2) is 15.6. The summed E-state index contributed by atoms with van der Waals surface area (Å²) in [5.41, 5.74) is 2.94. The van der Waals surface area contributed by atoms with Crippen molar-refractivity contribution in [3.63, 3.8) is 0 Å². The highest BCUT2D eigenvalue weighted by molar-refractivity contribution is 8.00. The van der Waals surface area contributed by atoms with E-state index >= 15 is 0 Å². The number of aromatic hydroxyl groups is 2. The average Bonchev–Trinajstić information content (AvgIpc) is 3.56. The van der Waals surface area contributed by atoms with Gasteiger partial charge in [-0.15, -0.1) is 23.1 Å². The Bertz CT molecular complexity index is 2160. The van der Waals surface area contributed by atoms with Crippen LogP contribution in [-0.2, 0) is 48.3 Å². The summed E-state index contributed by atoms with van der Waals surface area (Å²) in [4.78, 5) is 64.8. The Hall–Kier alpha value is -4.79. The maximum atomic E-state index is 13.8. The molecule has 4 heterocycles. The van der Waals surface area contributed by atoms with E-state index in [9.17, 15) is 29.4 Å². The number of benzene rings is 2. The number of carbonyl (C=O) groups excluding carboxylic acids is 4. The van der Waals surface area contributed by atoms with E-state index in [2.05, 4.69) is 29.3 Å². The van der Waals surface area contributed by atoms with Gasteiger partial charge in [0.15, 0.2) is 28.8 Å². The zero-order chi connectivity index (χ0) is 40.7. The molecule has 14 heteroatoms. The number of carbonyl (C=O) groups is 4. The molecule has 12 nitrogen and oxygen atoms in total. The Morgan fingerprint density at radius 2 is 1.79 bits per heavy atom. The Morgan fingerprint density at radius 1 is 1.07 bits per heavy atom. The number of nitrogens with zero attached hydrogens (tertiary/aromatic N) is 4. The molecule has 1 fully saturated rings. The van der Waals surface area contributed by atoms with Crippen LogP contribution in [0.1, 0.15) is 80.9 Å². The molecule has 3 aliphatic heterocycles. The molecule has 3 atom stereocenters. The van der Waals surface area contributed by atoms with Crippen molar-refractivity contribution in [3.05, 3.63) is 92.1 Å². The number of oxime groups is 1. The maximum absolute atomic E-state index is 13.8. The number of thioether (sulfide) groups is 1. The number of fused-ring (bicyclic) bond motifs is 2. The molecule has 1 amide bonds. The number of ether oxygens (including phenoxy) is 1. The van der Waals surface area contributed by atoms with Crippen molar-refractivity contribution in [1.82, 2.24) is 9.88 Å². The molecule has 296 valence electrons. The summed E-state index contributed by atoms with van der Waals surface area (Å²) < 4.78 is 6.16. The number of quaternary nitrogens is 1. The summed E-state index contributed by atoms with van der Waals surface area (Å²) in [6.07, 6.45) is 4.45. The zero-order valence-electron chi connectivity index (χ0n) is 33.0. The van der Waals surface area contributed by atoms with Crippen molar-refractivity contribution in [3.8, 4) is 11.5 Å². The van der Waals surface area contributed by atoms with Crippen LogP contribution in [0, 0.1) is 12.8 Å². The SMILES string of the molecule is CC(=O)C1=C(C=Cc2ccc(C[N+]3(C)CCc4ccc(O)c(O)c4C3)cc2)CS[C@@H]2[C@H](CC(=O)/C(=N\OC(C)(C)C(=O)OC(C)(C)C)c3csc(C)n3)C(=O)N12. The van der Waals surface area contributed by atoms with Gasteiger partial charge < -0.3 is 24.3 Å². The molecule has 3 aliphatic rings. The summed E-state index contributed by atoms with van der Waals surface area (Å²) in [6, 6.07) is 11.6. The van der Waals surface area contributed by atoms with Gasteiger partial charge in [0.1, 0.15) is 24.4 Å². The molecule has 0 aliphatic carbocycles. The van der Waals surface area contributed by atoms with Gasteiger partial charge in [-0.2, -0.15) is 0 Å². The number of aryl methyl sites for hydroxylation is 1. The van der Waals surface area contributed by atoms with E-state index in [0.29, 0.717) is 27.5 Å². The number of amides is 1. The number of likely N-dealkylation sites (N-methyl/N-ethyl adjacent to an activating group) is 1.